The molecular formula is C9H11NO3. The Morgan fingerprint density at radius 2 is 1.85 bits per heavy atom. The first-order valence-corrected chi connectivity index (χ1v) is 3.92. The van der Waals surface area contributed by atoms with Gasteiger partial charge in [-0.15, -0.1) is 6.42 Å². The normalized spacial score (nSPS) is 19.5. The van der Waals surface area contributed by atoms with Crippen molar-refractivity contribution in [2.45, 2.75) is 19.4 Å². The van der Waals surface area contributed by atoms with Gasteiger partial charge in [0.15, 0.2) is 0 Å². The van der Waals surface area contributed by atoms with Gasteiger partial charge in [0.2, 0.25) is 0 Å². The molecule has 0 bridgehead atoms. The molecule has 0 spiro atoms. The monoisotopic (exact) mass is 181 g/mol. The van der Waals surface area contributed by atoms with Crippen molar-refractivity contribution < 1.29 is 14.3 Å². The number of morpholine rings is 1. The van der Waals surface area contributed by atoms with Gasteiger partial charge in [0, 0.05) is 0 Å². The molecule has 0 aromatic rings. The Labute approximate surface area is 76.8 Å². The third-order valence-corrected chi connectivity index (χ3v) is 2.01. The van der Waals surface area contributed by atoms with E-state index in [1.165, 1.54) is 0 Å². The molecule has 13 heavy (non-hydrogen) atoms. The first kappa shape index (κ1) is 9.75. The molecule has 4 nitrogen and oxygen atoms in total. The average Bonchev–Trinajstić information content (AvgIpc) is 2.02. The highest BCUT2D eigenvalue weighted by Gasteiger charge is 2.33. The summed E-state index contributed by atoms with van der Waals surface area (Å²) in [5, 5.41) is 0. The van der Waals surface area contributed by atoms with Crippen LogP contribution >= 0.6 is 0 Å². The van der Waals surface area contributed by atoms with Crippen LogP contribution in [-0.4, -0.2) is 35.5 Å². The predicted molar refractivity (Wildman–Crippen MR) is 45.6 cm³/mol. The molecule has 0 aromatic heterocycles. The Balaban J connectivity index is 2.77. The van der Waals surface area contributed by atoms with E-state index in [1.807, 2.05) is 0 Å². The van der Waals surface area contributed by atoms with Gasteiger partial charge in [-0.25, -0.2) is 0 Å². The second-order valence-corrected chi connectivity index (χ2v) is 3.41. The van der Waals surface area contributed by atoms with Crippen LogP contribution in [0.2, 0.25) is 0 Å². The van der Waals surface area contributed by atoms with Gasteiger partial charge in [-0.05, 0) is 13.8 Å². The molecular weight excluding hydrogens is 170 g/mol. The van der Waals surface area contributed by atoms with Crippen LogP contribution in [-0.2, 0) is 14.3 Å². The fourth-order valence-electron chi connectivity index (χ4n) is 1.05. The van der Waals surface area contributed by atoms with Crippen LogP contribution in [0, 0.1) is 12.3 Å². The van der Waals surface area contributed by atoms with Crippen molar-refractivity contribution in [2.75, 3.05) is 13.1 Å². The van der Waals surface area contributed by atoms with Crippen LogP contribution in [0.5, 0.6) is 0 Å². The van der Waals surface area contributed by atoms with Crippen molar-refractivity contribution in [1.29, 1.82) is 0 Å². The van der Waals surface area contributed by atoms with Crippen molar-refractivity contribution in [3.8, 4) is 12.3 Å². The van der Waals surface area contributed by atoms with Crippen LogP contribution in [0.15, 0.2) is 0 Å². The van der Waals surface area contributed by atoms with Crippen LogP contribution in [0.25, 0.3) is 0 Å². The van der Waals surface area contributed by atoms with Gasteiger partial charge in [-0.3, -0.25) is 14.5 Å². The summed E-state index contributed by atoms with van der Waals surface area (Å²) in [6, 6.07) is 0. The zero-order valence-electron chi connectivity index (χ0n) is 7.66. The first-order valence-electron chi connectivity index (χ1n) is 3.92. The molecule has 0 saturated carbocycles. The zero-order valence-corrected chi connectivity index (χ0v) is 7.66. The second-order valence-electron chi connectivity index (χ2n) is 3.41. The Morgan fingerprint density at radius 1 is 1.38 bits per heavy atom. The van der Waals surface area contributed by atoms with Crippen molar-refractivity contribution in [3.63, 3.8) is 0 Å². The number of ether oxygens (including phenoxy) is 1. The van der Waals surface area contributed by atoms with Gasteiger partial charge < -0.3 is 4.74 Å². The van der Waals surface area contributed by atoms with E-state index in [0.29, 0.717) is 0 Å². The summed E-state index contributed by atoms with van der Waals surface area (Å²) >= 11 is 0. The maximum absolute atomic E-state index is 10.9. The minimum atomic E-state index is -0.588. The quantitative estimate of drug-likeness (QED) is 0.319. The van der Waals surface area contributed by atoms with Crippen LogP contribution < -0.4 is 0 Å². The number of carbonyl (C=O) groups excluding carboxylic acids is 2. The molecule has 70 valence electrons. The van der Waals surface area contributed by atoms with Crippen molar-refractivity contribution >= 4 is 11.9 Å². The second kappa shape index (κ2) is 3.19. The molecule has 1 aliphatic heterocycles. The molecule has 0 radical (unpaired) electrons. The van der Waals surface area contributed by atoms with Gasteiger partial charge in [0.25, 0.3) is 0 Å². The van der Waals surface area contributed by atoms with Gasteiger partial charge in [0.1, 0.15) is 0 Å². The lowest BCUT2D eigenvalue weighted by Crippen LogP contribution is -2.52. The maximum Gasteiger partial charge on any atom is 0.327 e. The molecule has 0 N–H and O–H groups in total. The number of carbonyl (C=O) groups is 2. The first-order chi connectivity index (χ1) is 5.95. The highest BCUT2D eigenvalue weighted by atomic mass is 16.6. The van der Waals surface area contributed by atoms with Gasteiger partial charge >= 0.3 is 11.9 Å². The molecule has 1 fully saturated rings. The molecule has 0 unspecified atom stereocenters. The maximum atomic E-state index is 10.9. The summed E-state index contributed by atoms with van der Waals surface area (Å²) in [5.74, 6) is 1.43. The van der Waals surface area contributed by atoms with E-state index >= 15 is 0 Å². The Morgan fingerprint density at radius 3 is 2.23 bits per heavy atom. The minimum Gasteiger partial charge on any atom is -0.391 e. The Bertz CT molecular complexity index is 272. The molecule has 0 aromatic carbocycles. The third-order valence-electron chi connectivity index (χ3n) is 2.01. The molecule has 0 atom stereocenters. The lowest BCUT2D eigenvalue weighted by molar-refractivity contribution is -0.168. The summed E-state index contributed by atoms with van der Waals surface area (Å²) in [6.45, 7) is 3.70. The topological polar surface area (TPSA) is 46.6 Å². The number of esters is 2. The fraction of sp³-hybridized carbons (Fsp3) is 0.556. The summed E-state index contributed by atoms with van der Waals surface area (Å²) < 4.78 is 4.37. The molecule has 1 aliphatic rings. The number of cyclic esters (lactones) is 2. The van der Waals surface area contributed by atoms with Crippen LogP contribution in [0.3, 0.4) is 0 Å². The lowest BCUT2D eigenvalue weighted by atomic mass is 10.0. The Kier molecular flexibility index (Phi) is 2.39. The molecule has 1 saturated heterocycles. The van der Waals surface area contributed by atoms with Gasteiger partial charge in [-0.2, -0.15) is 0 Å². The smallest absolute Gasteiger partial charge is 0.327 e. The molecule has 4 heteroatoms. The number of terminal acetylenes is 1. The summed E-state index contributed by atoms with van der Waals surface area (Å²) in [7, 11) is 0. The highest BCUT2D eigenvalue weighted by Crippen LogP contribution is 2.15. The number of hydrogen-bond acceptors (Lipinski definition) is 4. The summed E-state index contributed by atoms with van der Waals surface area (Å²) in [5.41, 5.74) is -0.588. The standard InChI is InChI=1S/C9H11NO3/c1-4-9(2,3)10-5-7(11)13-8(12)6-10/h1H,5-6H2,2-3H3. The zero-order chi connectivity index (χ0) is 10.1. The average molecular weight is 181 g/mol. The third kappa shape index (κ3) is 2.07. The van der Waals surface area contributed by atoms with Crippen molar-refractivity contribution in [3.05, 3.63) is 0 Å². The highest BCUT2D eigenvalue weighted by molar-refractivity contribution is 5.90. The largest absolute Gasteiger partial charge is 0.391 e. The number of hydrogen-bond donors (Lipinski definition) is 0. The van der Waals surface area contributed by atoms with Gasteiger partial charge in [-0.1, -0.05) is 5.92 Å². The fourth-order valence-corrected chi connectivity index (χ4v) is 1.05. The molecule has 1 heterocycles. The number of nitrogens with zero attached hydrogens (tertiary/aromatic N) is 1. The minimum absolute atomic E-state index is 0.0724. The summed E-state index contributed by atoms with van der Waals surface area (Å²) in [6.07, 6.45) is 5.27. The van der Waals surface area contributed by atoms with E-state index in [0.717, 1.165) is 0 Å². The van der Waals surface area contributed by atoms with Crippen molar-refractivity contribution in [1.82, 2.24) is 4.90 Å². The van der Waals surface area contributed by atoms with Gasteiger partial charge in [0.05, 0.1) is 18.6 Å². The molecule has 1 rings (SSSR count). The van der Waals surface area contributed by atoms with Crippen LogP contribution in [0.1, 0.15) is 13.8 Å². The predicted octanol–water partition coefficient (Wildman–Crippen LogP) is -0.216. The van der Waals surface area contributed by atoms with Crippen molar-refractivity contribution in [2.24, 2.45) is 0 Å². The van der Waals surface area contributed by atoms with E-state index < -0.39 is 17.5 Å². The number of rotatable bonds is 1. The molecule has 0 aliphatic carbocycles. The van der Waals surface area contributed by atoms with E-state index in [4.69, 9.17) is 6.42 Å². The summed E-state index contributed by atoms with van der Waals surface area (Å²) in [4.78, 5) is 23.4. The Hall–Kier alpha value is -1.34. The van der Waals surface area contributed by atoms with E-state index in [9.17, 15) is 9.59 Å². The van der Waals surface area contributed by atoms with E-state index in [2.05, 4.69) is 10.7 Å². The lowest BCUT2D eigenvalue weighted by Gasteiger charge is -2.34. The van der Waals surface area contributed by atoms with Crippen LogP contribution in [0.4, 0.5) is 0 Å². The van der Waals surface area contributed by atoms with E-state index in [1.54, 1.807) is 18.7 Å². The van der Waals surface area contributed by atoms with E-state index in [-0.39, 0.29) is 13.1 Å². The SMILES string of the molecule is C#CC(C)(C)N1CC(=O)OC(=O)C1. The molecule has 0 amide bonds.